The van der Waals surface area contributed by atoms with Gasteiger partial charge in [-0.1, -0.05) is 23.2 Å². The molecule has 0 bridgehead atoms. The van der Waals surface area contributed by atoms with Gasteiger partial charge in [0, 0.05) is 5.02 Å². The predicted octanol–water partition coefficient (Wildman–Crippen LogP) is 4.21. The number of rotatable bonds is 3. The summed E-state index contributed by atoms with van der Waals surface area (Å²) in [5, 5.41) is 6.20. The first-order chi connectivity index (χ1) is 10.0. The molecule has 0 spiro atoms. The first-order valence-electron chi connectivity index (χ1n) is 6.20. The van der Waals surface area contributed by atoms with Crippen LogP contribution in [0.4, 0.5) is 5.69 Å². The van der Waals surface area contributed by atoms with Crippen LogP contribution in [0.5, 0.6) is 0 Å². The van der Waals surface area contributed by atoms with Crippen LogP contribution >= 0.6 is 34.5 Å². The lowest BCUT2D eigenvalue weighted by Crippen LogP contribution is -2.13. The average molecular weight is 340 g/mol. The van der Waals surface area contributed by atoms with Crippen molar-refractivity contribution in [2.45, 2.75) is 13.5 Å². The summed E-state index contributed by atoms with van der Waals surface area (Å²) in [6.45, 7) is 2.25. The number of hydrogen-bond acceptors (Lipinski definition) is 4. The number of fused-ring (bicyclic) bond motifs is 1. The zero-order valence-corrected chi connectivity index (χ0v) is 13.4. The van der Waals surface area contributed by atoms with Gasteiger partial charge in [-0.2, -0.15) is 0 Å². The van der Waals surface area contributed by atoms with Crippen LogP contribution in [0.3, 0.4) is 0 Å². The van der Waals surface area contributed by atoms with E-state index in [0.717, 1.165) is 5.56 Å². The van der Waals surface area contributed by atoms with E-state index in [2.05, 4.69) is 15.3 Å². The van der Waals surface area contributed by atoms with Crippen LogP contribution in [0.2, 0.25) is 10.0 Å². The van der Waals surface area contributed by atoms with Crippen molar-refractivity contribution in [1.29, 1.82) is 0 Å². The van der Waals surface area contributed by atoms with Gasteiger partial charge in [0.25, 0.3) is 5.56 Å². The third-order valence-electron chi connectivity index (χ3n) is 3.06. The predicted molar refractivity (Wildman–Crippen MR) is 88.8 cm³/mol. The van der Waals surface area contributed by atoms with Crippen LogP contribution in [0.15, 0.2) is 28.4 Å². The molecule has 0 atom stereocenters. The quantitative estimate of drug-likeness (QED) is 0.751. The van der Waals surface area contributed by atoms with Crippen LogP contribution in [0.1, 0.15) is 11.4 Å². The first kappa shape index (κ1) is 14.4. The van der Waals surface area contributed by atoms with Crippen molar-refractivity contribution < 1.29 is 0 Å². The Balaban J connectivity index is 1.86. The Morgan fingerprint density at radius 3 is 2.95 bits per heavy atom. The fourth-order valence-corrected chi connectivity index (χ4v) is 3.14. The number of benzene rings is 1. The minimum Gasteiger partial charge on any atom is -0.377 e. The van der Waals surface area contributed by atoms with E-state index in [1.807, 2.05) is 18.4 Å². The molecule has 21 heavy (non-hydrogen) atoms. The highest BCUT2D eigenvalue weighted by molar-refractivity contribution is 7.17. The van der Waals surface area contributed by atoms with E-state index in [1.165, 1.54) is 11.3 Å². The fourth-order valence-electron chi connectivity index (χ4n) is 1.97. The van der Waals surface area contributed by atoms with Gasteiger partial charge in [0.2, 0.25) is 0 Å². The monoisotopic (exact) mass is 339 g/mol. The first-order valence-corrected chi connectivity index (χ1v) is 7.84. The average Bonchev–Trinajstić information content (AvgIpc) is 2.90. The van der Waals surface area contributed by atoms with E-state index >= 15 is 0 Å². The number of H-pyrrole nitrogens is 1. The second-order valence-corrected chi connectivity index (χ2v) is 6.31. The molecule has 0 aliphatic carbocycles. The molecule has 2 heterocycles. The minimum absolute atomic E-state index is 0.125. The molecule has 0 radical (unpaired) electrons. The number of hydrogen-bond donors (Lipinski definition) is 2. The normalized spacial score (nSPS) is 11.0. The van der Waals surface area contributed by atoms with Gasteiger partial charge in [0.05, 0.1) is 22.8 Å². The Morgan fingerprint density at radius 1 is 1.33 bits per heavy atom. The van der Waals surface area contributed by atoms with Crippen molar-refractivity contribution in [2.75, 3.05) is 5.32 Å². The maximum atomic E-state index is 11.9. The van der Waals surface area contributed by atoms with Crippen molar-refractivity contribution in [1.82, 2.24) is 9.97 Å². The van der Waals surface area contributed by atoms with Crippen LogP contribution in [-0.2, 0) is 6.54 Å². The maximum Gasteiger partial charge on any atom is 0.268 e. The zero-order valence-electron chi connectivity index (χ0n) is 11.0. The highest BCUT2D eigenvalue weighted by Gasteiger charge is 2.07. The molecule has 2 N–H and O–H groups in total. The van der Waals surface area contributed by atoms with Gasteiger partial charge in [-0.05, 0) is 36.1 Å². The van der Waals surface area contributed by atoms with Gasteiger partial charge in [0.15, 0.2) is 0 Å². The largest absolute Gasteiger partial charge is 0.377 e. The zero-order chi connectivity index (χ0) is 15.0. The molecule has 0 fully saturated rings. The molecule has 0 aliphatic heterocycles. The summed E-state index contributed by atoms with van der Waals surface area (Å²) >= 11 is 13.6. The van der Waals surface area contributed by atoms with E-state index in [-0.39, 0.29) is 5.56 Å². The minimum atomic E-state index is -0.125. The van der Waals surface area contributed by atoms with Crippen LogP contribution < -0.4 is 10.9 Å². The molecular formula is C14H11Cl2N3OS. The van der Waals surface area contributed by atoms with Crippen LogP contribution in [-0.4, -0.2) is 9.97 Å². The van der Waals surface area contributed by atoms with E-state index in [1.54, 1.807) is 12.1 Å². The van der Waals surface area contributed by atoms with Gasteiger partial charge in [-0.15, -0.1) is 11.3 Å². The summed E-state index contributed by atoms with van der Waals surface area (Å²) in [6.07, 6.45) is 0. The van der Waals surface area contributed by atoms with Crippen molar-refractivity contribution in [2.24, 2.45) is 0 Å². The molecule has 0 unspecified atom stereocenters. The van der Waals surface area contributed by atoms with Crippen molar-refractivity contribution in [3.05, 3.63) is 55.4 Å². The molecule has 1 aromatic carbocycles. The van der Waals surface area contributed by atoms with Gasteiger partial charge < -0.3 is 10.3 Å². The molecule has 0 amide bonds. The number of aromatic amines is 1. The summed E-state index contributed by atoms with van der Waals surface area (Å²) in [5.41, 5.74) is 2.20. The summed E-state index contributed by atoms with van der Waals surface area (Å²) in [5.74, 6) is 0.554. The number of anilines is 1. The standard InChI is InChI=1S/C14H11Cl2N3OS/c1-7-4-9(16)11(5-8(7)15)17-6-12-18-10-2-3-21-13(10)14(20)19-12/h2-5,17H,6H2,1H3,(H,18,19,20). The number of aryl methyl sites for hydroxylation is 1. The molecule has 0 saturated heterocycles. The van der Waals surface area contributed by atoms with Gasteiger partial charge >= 0.3 is 0 Å². The second-order valence-electron chi connectivity index (χ2n) is 4.58. The van der Waals surface area contributed by atoms with Gasteiger partial charge in [0.1, 0.15) is 10.5 Å². The van der Waals surface area contributed by atoms with Crippen molar-refractivity contribution >= 4 is 50.4 Å². The van der Waals surface area contributed by atoms with E-state index in [0.29, 0.717) is 38.3 Å². The van der Waals surface area contributed by atoms with Gasteiger partial charge in [-0.3, -0.25) is 4.79 Å². The molecule has 0 aliphatic rings. The molecule has 3 rings (SSSR count). The van der Waals surface area contributed by atoms with Crippen molar-refractivity contribution in [3.63, 3.8) is 0 Å². The number of nitrogens with one attached hydrogen (secondary N) is 2. The molecule has 3 aromatic rings. The van der Waals surface area contributed by atoms with Crippen LogP contribution in [0, 0.1) is 6.92 Å². The molecular weight excluding hydrogens is 329 g/mol. The Hall–Kier alpha value is -1.56. The SMILES string of the molecule is Cc1cc(Cl)c(NCc2nc3ccsc3c(=O)[nH]2)cc1Cl. The number of nitrogens with zero attached hydrogens (tertiary/aromatic N) is 1. The Bertz CT molecular complexity index is 872. The number of aromatic nitrogens is 2. The molecule has 7 heteroatoms. The highest BCUT2D eigenvalue weighted by atomic mass is 35.5. The van der Waals surface area contributed by atoms with Gasteiger partial charge in [-0.25, -0.2) is 4.98 Å². The lowest BCUT2D eigenvalue weighted by atomic mass is 10.2. The van der Waals surface area contributed by atoms with Crippen LogP contribution in [0.25, 0.3) is 10.2 Å². The summed E-state index contributed by atoms with van der Waals surface area (Å²) < 4.78 is 0.634. The Morgan fingerprint density at radius 2 is 2.14 bits per heavy atom. The van der Waals surface area contributed by atoms with E-state index < -0.39 is 0 Å². The highest BCUT2D eigenvalue weighted by Crippen LogP contribution is 2.29. The lowest BCUT2D eigenvalue weighted by molar-refractivity contribution is 0.955. The summed E-state index contributed by atoms with van der Waals surface area (Å²) in [6, 6.07) is 5.39. The van der Waals surface area contributed by atoms with E-state index in [9.17, 15) is 4.79 Å². The smallest absolute Gasteiger partial charge is 0.268 e. The Labute approximate surface area is 134 Å². The maximum absolute atomic E-state index is 11.9. The molecule has 2 aromatic heterocycles. The summed E-state index contributed by atoms with van der Waals surface area (Å²) in [4.78, 5) is 19.0. The molecule has 108 valence electrons. The van der Waals surface area contributed by atoms with Crippen molar-refractivity contribution in [3.8, 4) is 0 Å². The summed E-state index contributed by atoms with van der Waals surface area (Å²) in [7, 11) is 0. The van der Waals surface area contributed by atoms with E-state index in [4.69, 9.17) is 23.2 Å². The Kier molecular flexibility index (Phi) is 3.89. The number of halogens is 2. The lowest BCUT2D eigenvalue weighted by Gasteiger charge is -2.10. The third kappa shape index (κ3) is 2.90. The molecule has 0 saturated carbocycles. The topological polar surface area (TPSA) is 57.8 Å². The third-order valence-corrected chi connectivity index (χ3v) is 4.68. The molecule has 4 nitrogen and oxygen atoms in total. The fraction of sp³-hybridized carbons (Fsp3) is 0.143. The second kappa shape index (κ2) is 5.67. The number of thiophene rings is 1.